The van der Waals surface area contributed by atoms with E-state index in [0.29, 0.717) is 38.7 Å². The van der Waals surface area contributed by atoms with E-state index in [1.165, 1.54) is 0 Å². The summed E-state index contributed by atoms with van der Waals surface area (Å²) in [6.45, 7) is 3.67. The van der Waals surface area contributed by atoms with E-state index in [1.54, 1.807) is 47.9 Å². The molecule has 0 bridgehead atoms. The standard InChI is InChI=1S/C23H17BrClN3O2/c1-13-11-16(28-14(2)26-21-6-4-3-5-17(21)23(28)30)8-10-20(13)27-22(29)18-12-15(24)7-9-19(18)25/h3-12H,1-2H3,(H,27,29). The summed E-state index contributed by atoms with van der Waals surface area (Å²) in [7, 11) is 0. The molecule has 0 aliphatic rings. The molecule has 0 spiro atoms. The lowest BCUT2D eigenvalue weighted by Crippen LogP contribution is -2.22. The number of aromatic nitrogens is 2. The zero-order chi connectivity index (χ0) is 21.4. The molecule has 30 heavy (non-hydrogen) atoms. The van der Waals surface area contributed by atoms with Gasteiger partial charge in [-0.05, 0) is 67.9 Å². The number of para-hydroxylation sites is 1. The number of rotatable bonds is 3. The van der Waals surface area contributed by atoms with Crippen LogP contribution in [-0.2, 0) is 0 Å². The van der Waals surface area contributed by atoms with Crippen LogP contribution in [0.1, 0.15) is 21.7 Å². The molecule has 4 rings (SSSR count). The number of carbonyl (C=O) groups is 1. The van der Waals surface area contributed by atoms with E-state index in [1.807, 2.05) is 31.2 Å². The van der Waals surface area contributed by atoms with Gasteiger partial charge in [0, 0.05) is 10.2 Å². The smallest absolute Gasteiger partial charge is 0.265 e. The second kappa shape index (κ2) is 8.05. The summed E-state index contributed by atoms with van der Waals surface area (Å²) in [5.74, 6) is 0.286. The van der Waals surface area contributed by atoms with E-state index in [0.717, 1.165) is 10.0 Å². The molecule has 1 N–H and O–H groups in total. The molecule has 4 aromatic rings. The monoisotopic (exact) mass is 481 g/mol. The topological polar surface area (TPSA) is 64.0 Å². The van der Waals surface area contributed by atoms with Gasteiger partial charge in [0.25, 0.3) is 11.5 Å². The molecule has 5 nitrogen and oxygen atoms in total. The fraction of sp³-hybridized carbons (Fsp3) is 0.0870. The van der Waals surface area contributed by atoms with Crippen molar-refractivity contribution >= 4 is 50.0 Å². The minimum atomic E-state index is -0.308. The Morgan fingerprint density at radius 1 is 1.07 bits per heavy atom. The van der Waals surface area contributed by atoms with Crippen LogP contribution in [0.3, 0.4) is 0 Å². The highest BCUT2D eigenvalue weighted by Gasteiger charge is 2.14. The second-order valence-electron chi connectivity index (χ2n) is 6.89. The van der Waals surface area contributed by atoms with Gasteiger partial charge in [-0.1, -0.05) is 39.7 Å². The Labute approximate surface area is 186 Å². The number of aryl methyl sites for hydroxylation is 2. The molecule has 0 saturated carbocycles. The van der Waals surface area contributed by atoms with Gasteiger partial charge < -0.3 is 5.32 Å². The average Bonchev–Trinajstić information content (AvgIpc) is 2.71. The van der Waals surface area contributed by atoms with Crippen LogP contribution >= 0.6 is 27.5 Å². The molecule has 1 heterocycles. The number of hydrogen-bond acceptors (Lipinski definition) is 3. The summed E-state index contributed by atoms with van der Waals surface area (Å²) in [6, 6.07) is 17.8. The molecule has 0 fully saturated rings. The summed E-state index contributed by atoms with van der Waals surface area (Å²) in [5, 5.41) is 3.81. The van der Waals surface area contributed by atoms with Crippen LogP contribution in [-0.4, -0.2) is 15.5 Å². The van der Waals surface area contributed by atoms with Crippen molar-refractivity contribution in [2.75, 3.05) is 5.32 Å². The Bertz CT molecular complexity index is 1360. The van der Waals surface area contributed by atoms with E-state index in [-0.39, 0.29) is 11.5 Å². The fourth-order valence-electron chi connectivity index (χ4n) is 3.34. The van der Waals surface area contributed by atoms with E-state index < -0.39 is 0 Å². The van der Waals surface area contributed by atoms with Crippen LogP contribution < -0.4 is 10.9 Å². The zero-order valence-electron chi connectivity index (χ0n) is 16.2. The van der Waals surface area contributed by atoms with Crippen LogP contribution in [0.5, 0.6) is 0 Å². The van der Waals surface area contributed by atoms with Crippen molar-refractivity contribution in [3.63, 3.8) is 0 Å². The first-order valence-corrected chi connectivity index (χ1v) is 10.4. The van der Waals surface area contributed by atoms with Gasteiger partial charge in [0.15, 0.2) is 0 Å². The van der Waals surface area contributed by atoms with Crippen molar-refractivity contribution in [1.29, 1.82) is 0 Å². The number of hydrogen-bond donors (Lipinski definition) is 1. The van der Waals surface area contributed by atoms with E-state index in [4.69, 9.17) is 11.6 Å². The number of fused-ring (bicyclic) bond motifs is 1. The third kappa shape index (κ3) is 3.76. The average molecular weight is 483 g/mol. The molecule has 0 aliphatic heterocycles. The molecular formula is C23H17BrClN3O2. The van der Waals surface area contributed by atoms with Crippen molar-refractivity contribution in [1.82, 2.24) is 9.55 Å². The molecule has 0 radical (unpaired) electrons. The maximum Gasteiger partial charge on any atom is 0.265 e. The predicted octanol–water partition coefficient (Wildman–Crippen LogP) is 5.67. The van der Waals surface area contributed by atoms with Gasteiger partial charge in [-0.2, -0.15) is 0 Å². The van der Waals surface area contributed by atoms with Gasteiger partial charge in [-0.3, -0.25) is 14.2 Å². The lowest BCUT2D eigenvalue weighted by Gasteiger charge is -2.14. The first-order chi connectivity index (χ1) is 14.3. The first-order valence-electron chi connectivity index (χ1n) is 9.21. The SMILES string of the molecule is Cc1cc(-n2c(C)nc3ccccc3c2=O)ccc1NC(=O)c1cc(Br)ccc1Cl. The lowest BCUT2D eigenvalue weighted by molar-refractivity contribution is 0.102. The zero-order valence-corrected chi connectivity index (χ0v) is 18.6. The summed E-state index contributed by atoms with van der Waals surface area (Å²) >= 11 is 9.51. The highest BCUT2D eigenvalue weighted by molar-refractivity contribution is 9.10. The summed E-state index contributed by atoms with van der Waals surface area (Å²) in [6.07, 6.45) is 0. The Hall–Kier alpha value is -2.96. The lowest BCUT2D eigenvalue weighted by atomic mass is 10.1. The molecule has 1 amide bonds. The van der Waals surface area contributed by atoms with Crippen molar-refractivity contribution < 1.29 is 4.79 Å². The van der Waals surface area contributed by atoms with Gasteiger partial charge in [-0.25, -0.2) is 4.98 Å². The molecule has 3 aromatic carbocycles. The molecule has 0 unspecified atom stereocenters. The molecule has 0 saturated heterocycles. The minimum Gasteiger partial charge on any atom is -0.322 e. The Morgan fingerprint density at radius 3 is 2.60 bits per heavy atom. The second-order valence-corrected chi connectivity index (χ2v) is 8.22. The van der Waals surface area contributed by atoms with Gasteiger partial charge >= 0.3 is 0 Å². The van der Waals surface area contributed by atoms with Crippen LogP contribution in [0, 0.1) is 13.8 Å². The van der Waals surface area contributed by atoms with Gasteiger partial charge in [-0.15, -0.1) is 0 Å². The third-order valence-corrected chi connectivity index (χ3v) is 5.66. The highest BCUT2D eigenvalue weighted by Crippen LogP contribution is 2.24. The van der Waals surface area contributed by atoms with Crippen LogP contribution in [0.4, 0.5) is 5.69 Å². The molecule has 150 valence electrons. The van der Waals surface area contributed by atoms with Gasteiger partial charge in [0.2, 0.25) is 0 Å². The molecule has 0 atom stereocenters. The van der Waals surface area contributed by atoms with Crippen molar-refractivity contribution in [3.8, 4) is 5.69 Å². The first kappa shape index (κ1) is 20.3. The van der Waals surface area contributed by atoms with Crippen molar-refractivity contribution in [3.05, 3.63) is 97.5 Å². The van der Waals surface area contributed by atoms with Crippen LogP contribution in [0.25, 0.3) is 16.6 Å². The maximum atomic E-state index is 13.0. The van der Waals surface area contributed by atoms with Crippen molar-refractivity contribution in [2.45, 2.75) is 13.8 Å². The van der Waals surface area contributed by atoms with Gasteiger partial charge in [0.1, 0.15) is 5.82 Å². The number of carbonyl (C=O) groups excluding carboxylic acids is 1. The Morgan fingerprint density at radius 2 is 1.83 bits per heavy atom. The van der Waals surface area contributed by atoms with E-state index >= 15 is 0 Å². The Balaban J connectivity index is 1.71. The van der Waals surface area contributed by atoms with Gasteiger partial charge in [0.05, 0.1) is 27.2 Å². The summed E-state index contributed by atoms with van der Waals surface area (Å²) < 4.78 is 2.34. The quantitative estimate of drug-likeness (QED) is 0.409. The number of benzene rings is 3. The number of halogens is 2. The van der Waals surface area contributed by atoms with E-state index in [9.17, 15) is 9.59 Å². The summed E-state index contributed by atoms with van der Waals surface area (Å²) in [5.41, 5.74) is 3.05. The molecule has 7 heteroatoms. The largest absolute Gasteiger partial charge is 0.322 e. The number of amides is 1. The number of anilines is 1. The molecular weight excluding hydrogens is 466 g/mol. The van der Waals surface area contributed by atoms with Crippen LogP contribution in [0.2, 0.25) is 5.02 Å². The third-order valence-electron chi connectivity index (χ3n) is 4.83. The summed E-state index contributed by atoms with van der Waals surface area (Å²) in [4.78, 5) is 30.2. The van der Waals surface area contributed by atoms with Crippen LogP contribution in [0.15, 0.2) is 69.9 Å². The number of nitrogens with one attached hydrogen (secondary N) is 1. The Kier molecular flexibility index (Phi) is 5.45. The maximum absolute atomic E-state index is 13.0. The van der Waals surface area contributed by atoms with E-state index in [2.05, 4.69) is 26.2 Å². The van der Waals surface area contributed by atoms with Crippen molar-refractivity contribution in [2.24, 2.45) is 0 Å². The minimum absolute atomic E-state index is 0.129. The fourth-order valence-corrected chi connectivity index (χ4v) is 3.90. The highest BCUT2D eigenvalue weighted by atomic mass is 79.9. The normalized spacial score (nSPS) is 10.9. The number of nitrogens with zero attached hydrogens (tertiary/aromatic N) is 2. The molecule has 0 aliphatic carbocycles. The molecule has 1 aromatic heterocycles. The predicted molar refractivity (Wildman–Crippen MR) is 124 cm³/mol.